The molecule has 4 heteroatoms. The van der Waals surface area contributed by atoms with Crippen LogP contribution in [0.15, 0.2) is 6.07 Å². The van der Waals surface area contributed by atoms with Crippen molar-refractivity contribution in [2.75, 3.05) is 5.32 Å². The fourth-order valence-electron chi connectivity index (χ4n) is 1.34. The van der Waals surface area contributed by atoms with Crippen LogP contribution in [-0.4, -0.2) is 20.9 Å². The molecule has 0 unspecified atom stereocenters. The normalized spacial score (nSPS) is 16.8. The van der Waals surface area contributed by atoms with E-state index in [1.165, 1.54) is 12.8 Å². The topological polar surface area (TPSA) is 50.7 Å². The van der Waals surface area contributed by atoms with Crippen LogP contribution in [-0.2, 0) is 0 Å². The molecule has 1 aliphatic rings. The van der Waals surface area contributed by atoms with Crippen LogP contribution >= 0.6 is 0 Å². The third-order valence-electron chi connectivity index (χ3n) is 2.10. The largest absolute Gasteiger partial charge is 0.364 e. The first-order valence-electron chi connectivity index (χ1n) is 5.03. The summed E-state index contributed by atoms with van der Waals surface area (Å²) in [6.07, 6.45) is 2.49. The number of aromatic nitrogens is 3. The minimum absolute atomic E-state index is 0.0247. The standard InChI is InChI=1S/C10H16N4/c1-10(2,3)11-9-6-8(7-4-5-7)12-14-13-9/h6-7H,4-5H2,1-3H3,(H,11,12,13). The molecule has 0 bridgehead atoms. The highest BCUT2D eigenvalue weighted by atomic mass is 15.3. The van der Waals surface area contributed by atoms with Gasteiger partial charge in [0, 0.05) is 17.5 Å². The number of nitrogens with zero attached hydrogens (tertiary/aromatic N) is 3. The fraction of sp³-hybridized carbons (Fsp3) is 0.700. The highest BCUT2D eigenvalue weighted by molar-refractivity contribution is 5.37. The third kappa shape index (κ3) is 2.40. The molecule has 0 radical (unpaired) electrons. The summed E-state index contributed by atoms with van der Waals surface area (Å²) in [5, 5.41) is 15.1. The molecule has 0 spiro atoms. The van der Waals surface area contributed by atoms with E-state index in [-0.39, 0.29) is 5.54 Å². The summed E-state index contributed by atoms with van der Waals surface area (Å²) >= 11 is 0. The van der Waals surface area contributed by atoms with Gasteiger partial charge in [-0.2, -0.15) is 0 Å². The second-order valence-corrected chi connectivity index (χ2v) is 4.89. The van der Waals surface area contributed by atoms with Crippen molar-refractivity contribution < 1.29 is 0 Å². The Labute approximate surface area is 84.1 Å². The minimum atomic E-state index is 0.0247. The maximum absolute atomic E-state index is 4.03. The van der Waals surface area contributed by atoms with Gasteiger partial charge in [-0.1, -0.05) is 0 Å². The summed E-state index contributed by atoms with van der Waals surface area (Å²) in [5.41, 5.74) is 1.10. The van der Waals surface area contributed by atoms with E-state index in [1.54, 1.807) is 0 Å². The van der Waals surface area contributed by atoms with Gasteiger partial charge in [-0.05, 0) is 38.8 Å². The molecular formula is C10H16N4. The van der Waals surface area contributed by atoms with Crippen molar-refractivity contribution in [2.45, 2.75) is 45.1 Å². The van der Waals surface area contributed by atoms with Crippen LogP contribution < -0.4 is 5.32 Å². The van der Waals surface area contributed by atoms with Crippen LogP contribution in [0.5, 0.6) is 0 Å². The molecule has 4 nitrogen and oxygen atoms in total. The van der Waals surface area contributed by atoms with E-state index < -0.39 is 0 Å². The Hall–Kier alpha value is -1.19. The molecule has 1 heterocycles. The Bertz CT molecular complexity index is 325. The summed E-state index contributed by atoms with van der Waals surface area (Å²) in [4.78, 5) is 0. The summed E-state index contributed by atoms with van der Waals surface area (Å²) in [6.45, 7) is 6.31. The Morgan fingerprint density at radius 1 is 1.29 bits per heavy atom. The molecule has 1 N–H and O–H groups in total. The van der Waals surface area contributed by atoms with E-state index in [9.17, 15) is 0 Å². The molecule has 0 saturated heterocycles. The first-order chi connectivity index (χ1) is 6.54. The molecule has 1 aromatic heterocycles. The zero-order valence-electron chi connectivity index (χ0n) is 8.91. The lowest BCUT2D eigenvalue weighted by atomic mass is 10.1. The van der Waals surface area contributed by atoms with Gasteiger partial charge in [0.05, 0.1) is 5.69 Å². The maximum atomic E-state index is 4.03. The van der Waals surface area contributed by atoms with Crippen molar-refractivity contribution in [3.8, 4) is 0 Å². The maximum Gasteiger partial charge on any atom is 0.152 e. The summed E-state index contributed by atoms with van der Waals surface area (Å²) in [5.74, 6) is 1.46. The molecule has 1 aliphatic carbocycles. The first-order valence-corrected chi connectivity index (χ1v) is 5.03. The fourth-order valence-corrected chi connectivity index (χ4v) is 1.34. The van der Waals surface area contributed by atoms with Crippen molar-refractivity contribution in [1.29, 1.82) is 0 Å². The van der Waals surface area contributed by atoms with E-state index in [4.69, 9.17) is 0 Å². The monoisotopic (exact) mass is 192 g/mol. The van der Waals surface area contributed by atoms with Gasteiger partial charge in [-0.15, -0.1) is 10.2 Å². The van der Waals surface area contributed by atoms with Crippen LogP contribution in [0.1, 0.15) is 45.2 Å². The van der Waals surface area contributed by atoms with Crippen molar-refractivity contribution in [2.24, 2.45) is 0 Å². The smallest absolute Gasteiger partial charge is 0.152 e. The number of hydrogen-bond donors (Lipinski definition) is 1. The molecule has 0 amide bonds. The molecule has 14 heavy (non-hydrogen) atoms. The lowest BCUT2D eigenvalue weighted by Crippen LogP contribution is -2.27. The van der Waals surface area contributed by atoms with Crippen molar-refractivity contribution >= 4 is 5.82 Å². The third-order valence-corrected chi connectivity index (χ3v) is 2.10. The molecule has 1 saturated carbocycles. The molecule has 1 fully saturated rings. The molecule has 0 atom stereocenters. The van der Waals surface area contributed by atoms with Gasteiger partial charge in [0.2, 0.25) is 0 Å². The number of rotatable bonds is 2. The average Bonchev–Trinajstić information content (AvgIpc) is 2.83. The Morgan fingerprint density at radius 3 is 2.57 bits per heavy atom. The van der Waals surface area contributed by atoms with Crippen molar-refractivity contribution in [3.63, 3.8) is 0 Å². The summed E-state index contributed by atoms with van der Waals surface area (Å²) in [6, 6.07) is 2.01. The summed E-state index contributed by atoms with van der Waals surface area (Å²) in [7, 11) is 0. The predicted molar refractivity (Wildman–Crippen MR) is 55.2 cm³/mol. The van der Waals surface area contributed by atoms with E-state index in [1.807, 2.05) is 6.07 Å². The second kappa shape index (κ2) is 3.19. The second-order valence-electron chi connectivity index (χ2n) is 4.89. The quantitative estimate of drug-likeness (QED) is 0.778. The van der Waals surface area contributed by atoms with Gasteiger partial charge >= 0.3 is 0 Å². The van der Waals surface area contributed by atoms with Gasteiger partial charge in [0.15, 0.2) is 5.82 Å². The molecule has 0 aliphatic heterocycles. The van der Waals surface area contributed by atoms with Crippen LogP contribution in [0.3, 0.4) is 0 Å². The average molecular weight is 192 g/mol. The Kier molecular flexibility index (Phi) is 2.13. The van der Waals surface area contributed by atoms with Crippen LogP contribution in [0.4, 0.5) is 5.82 Å². The lowest BCUT2D eigenvalue weighted by Gasteiger charge is -2.20. The van der Waals surface area contributed by atoms with Crippen molar-refractivity contribution in [3.05, 3.63) is 11.8 Å². The lowest BCUT2D eigenvalue weighted by molar-refractivity contribution is 0.624. The van der Waals surface area contributed by atoms with Crippen LogP contribution in [0, 0.1) is 0 Å². The van der Waals surface area contributed by atoms with Gasteiger partial charge in [0.1, 0.15) is 0 Å². The molecule has 2 rings (SSSR count). The van der Waals surface area contributed by atoms with E-state index >= 15 is 0 Å². The van der Waals surface area contributed by atoms with Crippen molar-refractivity contribution in [1.82, 2.24) is 15.4 Å². The van der Waals surface area contributed by atoms with Gasteiger partial charge in [-0.3, -0.25) is 0 Å². The van der Waals surface area contributed by atoms with E-state index in [0.29, 0.717) is 5.92 Å². The van der Waals surface area contributed by atoms with E-state index in [2.05, 4.69) is 41.5 Å². The first kappa shape index (κ1) is 9.37. The van der Waals surface area contributed by atoms with Gasteiger partial charge < -0.3 is 5.32 Å². The zero-order chi connectivity index (χ0) is 10.2. The van der Waals surface area contributed by atoms with E-state index in [0.717, 1.165) is 11.5 Å². The Balaban J connectivity index is 2.13. The molecular weight excluding hydrogens is 176 g/mol. The SMILES string of the molecule is CC(C)(C)Nc1cc(C2CC2)nnn1. The van der Waals surface area contributed by atoms with Crippen LogP contribution in [0.2, 0.25) is 0 Å². The van der Waals surface area contributed by atoms with Crippen LogP contribution in [0.25, 0.3) is 0 Å². The zero-order valence-corrected chi connectivity index (χ0v) is 8.91. The molecule has 76 valence electrons. The summed E-state index contributed by atoms with van der Waals surface area (Å²) < 4.78 is 0. The highest BCUT2D eigenvalue weighted by Gasteiger charge is 2.26. The predicted octanol–water partition coefficient (Wildman–Crippen LogP) is 1.96. The number of anilines is 1. The van der Waals surface area contributed by atoms with Gasteiger partial charge in [0.25, 0.3) is 0 Å². The Morgan fingerprint density at radius 2 is 2.00 bits per heavy atom. The highest BCUT2D eigenvalue weighted by Crippen LogP contribution is 2.39. The molecule has 0 aromatic carbocycles. The number of nitrogens with one attached hydrogen (secondary N) is 1. The minimum Gasteiger partial charge on any atom is -0.364 e. The number of hydrogen-bond acceptors (Lipinski definition) is 4. The molecule has 1 aromatic rings. The van der Waals surface area contributed by atoms with Gasteiger partial charge in [-0.25, -0.2) is 0 Å².